The molecule has 1 heterocycles. The van der Waals surface area contributed by atoms with Crippen LogP contribution in [0.2, 0.25) is 0 Å². The maximum Gasteiger partial charge on any atom is 0.222 e. The number of halogens is 1. The summed E-state index contributed by atoms with van der Waals surface area (Å²) in [5, 5.41) is 3.10. The van der Waals surface area contributed by atoms with Gasteiger partial charge in [-0.1, -0.05) is 48.0 Å². The maximum absolute atomic E-state index is 5.92. The van der Waals surface area contributed by atoms with Gasteiger partial charge in [-0.3, -0.25) is 0 Å². The Labute approximate surface area is 134 Å². The standard InChI is InChI=1S/C16H20BrN3O/c1-10(2)14-19-15(18-4)11(3)16(20-14)21-9-12-7-5-6-8-13(12)17/h5-8,10H,9H2,1-4H3,(H,18,19,20). The second-order valence-corrected chi connectivity index (χ2v) is 6.00. The Kier molecular flexibility index (Phi) is 5.17. The molecule has 21 heavy (non-hydrogen) atoms. The fraction of sp³-hybridized carbons (Fsp3) is 0.375. The zero-order valence-corrected chi connectivity index (χ0v) is 14.4. The minimum absolute atomic E-state index is 0.253. The fourth-order valence-electron chi connectivity index (χ4n) is 1.92. The van der Waals surface area contributed by atoms with E-state index in [2.05, 4.69) is 45.1 Å². The quantitative estimate of drug-likeness (QED) is 0.874. The maximum atomic E-state index is 5.92. The molecule has 0 spiro atoms. The molecule has 0 atom stereocenters. The first-order chi connectivity index (χ1) is 10.0. The predicted octanol–water partition coefficient (Wildman–Crippen LogP) is 4.29. The van der Waals surface area contributed by atoms with Crippen molar-refractivity contribution in [1.82, 2.24) is 9.97 Å². The number of ether oxygens (including phenoxy) is 1. The van der Waals surface area contributed by atoms with Crippen LogP contribution in [0.15, 0.2) is 28.7 Å². The minimum atomic E-state index is 0.253. The van der Waals surface area contributed by atoms with E-state index >= 15 is 0 Å². The van der Waals surface area contributed by atoms with Gasteiger partial charge in [0, 0.05) is 23.0 Å². The zero-order chi connectivity index (χ0) is 15.4. The van der Waals surface area contributed by atoms with Crippen LogP contribution in [0.3, 0.4) is 0 Å². The van der Waals surface area contributed by atoms with Crippen molar-refractivity contribution >= 4 is 21.7 Å². The number of aromatic nitrogens is 2. The monoisotopic (exact) mass is 349 g/mol. The van der Waals surface area contributed by atoms with Crippen LogP contribution in [-0.2, 0) is 6.61 Å². The van der Waals surface area contributed by atoms with Crippen molar-refractivity contribution in [2.75, 3.05) is 12.4 Å². The number of benzene rings is 1. The van der Waals surface area contributed by atoms with Gasteiger partial charge < -0.3 is 10.1 Å². The summed E-state index contributed by atoms with van der Waals surface area (Å²) in [5.41, 5.74) is 2.02. The van der Waals surface area contributed by atoms with Crippen molar-refractivity contribution in [3.8, 4) is 5.88 Å². The Morgan fingerprint density at radius 3 is 2.57 bits per heavy atom. The lowest BCUT2D eigenvalue weighted by molar-refractivity contribution is 0.289. The first kappa shape index (κ1) is 15.8. The summed E-state index contributed by atoms with van der Waals surface area (Å²) < 4.78 is 6.95. The number of nitrogens with zero attached hydrogens (tertiary/aromatic N) is 2. The van der Waals surface area contributed by atoms with Crippen molar-refractivity contribution in [3.05, 3.63) is 45.7 Å². The van der Waals surface area contributed by atoms with Crippen LogP contribution >= 0.6 is 15.9 Å². The summed E-state index contributed by atoms with van der Waals surface area (Å²) in [7, 11) is 1.86. The zero-order valence-electron chi connectivity index (χ0n) is 12.8. The van der Waals surface area contributed by atoms with Gasteiger partial charge in [-0.2, -0.15) is 4.98 Å². The molecule has 0 amide bonds. The molecule has 2 aromatic rings. The lowest BCUT2D eigenvalue weighted by Gasteiger charge is -2.15. The highest BCUT2D eigenvalue weighted by Gasteiger charge is 2.13. The molecule has 1 aromatic heterocycles. The summed E-state index contributed by atoms with van der Waals surface area (Å²) >= 11 is 3.53. The number of nitrogens with one attached hydrogen (secondary N) is 1. The van der Waals surface area contributed by atoms with Gasteiger partial charge in [0.1, 0.15) is 18.2 Å². The predicted molar refractivity (Wildman–Crippen MR) is 88.9 cm³/mol. The molecule has 2 rings (SSSR count). The van der Waals surface area contributed by atoms with Crippen LogP contribution in [0.1, 0.15) is 36.7 Å². The molecule has 0 radical (unpaired) electrons. The molecule has 0 aliphatic rings. The van der Waals surface area contributed by atoms with Crippen molar-refractivity contribution in [3.63, 3.8) is 0 Å². The molecule has 1 aromatic carbocycles. The number of anilines is 1. The van der Waals surface area contributed by atoms with Crippen LogP contribution in [0.4, 0.5) is 5.82 Å². The Morgan fingerprint density at radius 1 is 1.24 bits per heavy atom. The summed E-state index contributed by atoms with van der Waals surface area (Å²) in [5.74, 6) is 2.49. The van der Waals surface area contributed by atoms with Gasteiger partial charge in [0.25, 0.3) is 0 Å². The lowest BCUT2D eigenvalue weighted by Crippen LogP contribution is -2.08. The average molecular weight is 350 g/mol. The highest BCUT2D eigenvalue weighted by Crippen LogP contribution is 2.26. The van der Waals surface area contributed by atoms with Gasteiger partial charge in [0.05, 0.1) is 5.56 Å². The molecule has 112 valence electrons. The van der Waals surface area contributed by atoms with Crippen LogP contribution in [0.25, 0.3) is 0 Å². The van der Waals surface area contributed by atoms with Crippen molar-refractivity contribution in [2.24, 2.45) is 0 Å². The summed E-state index contributed by atoms with van der Waals surface area (Å²) in [6.07, 6.45) is 0. The SMILES string of the molecule is CNc1nc(C(C)C)nc(OCc2ccccc2Br)c1C. The van der Waals surface area contributed by atoms with Crippen LogP contribution < -0.4 is 10.1 Å². The summed E-state index contributed by atoms with van der Waals surface area (Å²) in [4.78, 5) is 9.05. The normalized spacial score (nSPS) is 10.8. The molecule has 0 fully saturated rings. The molecule has 4 nitrogen and oxygen atoms in total. The van der Waals surface area contributed by atoms with Crippen molar-refractivity contribution in [2.45, 2.75) is 33.3 Å². The molecule has 0 saturated heterocycles. The Hall–Kier alpha value is -1.62. The van der Waals surface area contributed by atoms with E-state index in [9.17, 15) is 0 Å². The molecule has 5 heteroatoms. The Bertz CT molecular complexity index is 629. The molecule has 0 unspecified atom stereocenters. The lowest BCUT2D eigenvalue weighted by atomic mass is 10.2. The summed E-state index contributed by atoms with van der Waals surface area (Å²) in [6.45, 7) is 6.58. The third-order valence-corrected chi connectivity index (χ3v) is 3.97. The van der Waals surface area contributed by atoms with E-state index in [0.717, 1.165) is 27.2 Å². The van der Waals surface area contributed by atoms with Crippen LogP contribution in [0.5, 0.6) is 5.88 Å². The van der Waals surface area contributed by atoms with Crippen molar-refractivity contribution in [1.29, 1.82) is 0 Å². The fourth-order valence-corrected chi connectivity index (χ4v) is 2.32. The van der Waals surface area contributed by atoms with Gasteiger partial charge in [0.15, 0.2) is 0 Å². The van der Waals surface area contributed by atoms with Crippen molar-refractivity contribution < 1.29 is 4.74 Å². The Balaban J connectivity index is 2.27. The smallest absolute Gasteiger partial charge is 0.222 e. The molecular formula is C16H20BrN3O. The second kappa shape index (κ2) is 6.89. The molecule has 0 bridgehead atoms. The van der Waals surface area contributed by atoms with Gasteiger partial charge >= 0.3 is 0 Å². The first-order valence-electron chi connectivity index (χ1n) is 6.95. The second-order valence-electron chi connectivity index (χ2n) is 5.15. The highest BCUT2D eigenvalue weighted by atomic mass is 79.9. The molecule has 1 N–H and O–H groups in total. The van der Waals surface area contributed by atoms with E-state index < -0.39 is 0 Å². The van der Waals surface area contributed by atoms with Gasteiger partial charge in [-0.25, -0.2) is 4.98 Å². The van der Waals surface area contributed by atoms with E-state index in [1.54, 1.807) is 0 Å². The van der Waals surface area contributed by atoms with E-state index in [1.807, 2.05) is 38.2 Å². The van der Waals surface area contributed by atoms with E-state index in [0.29, 0.717) is 12.5 Å². The number of rotatable bonds is 5. The van der Waals surface area contributed by atoms with Gasteiger partial charge in [-0.15, -0.1) is 0 Å². The number of hydrogen-bond donors (Lipinski definition) is 1. The minimum Gasteiger partial charge on any atom is -0.472 e. The summed E-state index contributed by atoms with van der Waals surface area (Å²) in [6, 6.07) is 8.02. The van der Waals surface area contributed by atoms with Crippen LogP contribution in [0, 0.1) is 6.92 Å². The highest BCUT2D eigenvalue weighted by molar-refractivity contribution is 9.10. The van der Waals surface area contributed by atoms with E-state index in [1.165, 1.54) is 0 Å². The molecule has 0 aliphatic carbocycles. The average Bonchev–Trinajstić information content (AvgIpc) is 2.47. The topological polar surface area (TPSA) is 47.0 Å². The van der Waals surface area contributed by atoms with Gasteiger partial charge in [-0.05, 0) is 13.0 Å². The molecule has 0 saturated carbocycles. The van der Waals surface area contributed by atoms with Gasteiger partial charge in [0.2, 0.25) is 5.88 Å². The number of hydrogen-bond acceptors (Lipinski definition) is 4. The third-order valence-electron chi connectivity index (χ3n) is 3.19. The molecule has 0 aliphatic heterocycles. The first-order valence-corrected chi connectivity index (χ1v) is 7.74. The third kappa shape index (κ3) is 3.73. The van der Waals surface area contributed by atoms with E-state index in [-0.39, 0.29) is 5.92 Å². The largest absolute Gasteiger partial charge is 0.472 e. The Morgan fingerprint density at radius 2 is 1.95 bits per heavy atom. The van der Waals surface area contributed by atoms with E-state index in [4.69, 9.17) is 4.74 Å². The molecular weight excluding hydrogens is 330 g/mol. The van der Waals surface area contributed by atoms with Crippen LogP contribution in [-0.4, -0.2) is 17.0 Å².